The van der Waals surface area contributed by atoms with E-state index in [0.717, 1.165) is 0 Å². The van der Waals surface area contributed by atoms with Crippen LogP contribution >= 0.6 is 0 Å². The molecule has 0 spiro atoms. The maximum absolute atomic E-state index is 13.4. The zero-order valence-corrected chi connectivity index (χ0v) is 8.28. The van der Waals surface area contributed by atoms with E-state index in [2.05, 4.69) is 0 Å². The number of halogens is 3. The summed E-state index contributed by atoms with van der Waals surface area (Å²) in [6.07, 6.45) is 0.139. The van der Waals surface area contributed by atoms with Crippen molar-refractivity contribution in [1.29, 1.82) is 0 Å². The van der Waals surface area contributed by atoms with Crippen LogP contribution in [-0.2, 0) is 5.92 Å². The monoisotopic (exact) mass is 202 g/mol. The van der Waals surface area contributed by atoms with E-state index in [1.54, 1.807) is 6.92 Å². The van der Waals surface area contributed by atoms with Crippen molar-refractivity contribution in [3.05, 3.63) is 35.1 Å². The smallest absolute Gasteiger partial charge is 0.207 e. The summed E-state index contributed by atoms with van der Waals surface area (Å²) in [6.45, 7) is 3.07. The van der Waals surface area contributed by atoms with Gasteiger partial charge in [-0.3, -0.25) is 0 Å². The molecule has 0 saturated heterocycles. The third-order valence-electron chi connectivity index (χ3n) is 2.23. The summed E-state index contributed by atoms with van der Waals surface area (Å²) < 4.78 is 39.9. The number of hydrogen-bond donors (Lipinski definition) is 0. The molecule has 0 aliphatic rings. The molecule has 3 heteroatoms. The molecule has 78 valence electrons. The SMILES string of the molecule is CCCC(F)(F)c1cccc(F)c1C. The molecule has 0 fully saturated rings. The predicted molar refractivity (Wildman–Crippen MR) is 49.9 cm³/mol. The van der Waals surface area contributed by atoms with Crippen LogP contribution in [0.4, 0.5) is 13.2 Å². The Morgan fingerprint density at radius 3 is 2.50 bits per heavy atom. The van der Waals surface area contributed by atoms with Crippen LogP contribution < -0.4 is 0 Å². The summed E-state index contributed by atoms with van der Waals surface area (Å²) in [6, 6.07) is 3.80. The Balaban J connectivity index is 3.12. The van der Waals surface area contributed by atoms with Crippen molar-refractivity contribution in [2.75, 3.05) is 0 Å². The molecule has 0 aromatic heterocycles. The first-order chi connectivity index (χ1) is 6.49. The number of alkyl halides is 2. The van der Waals surface area contributed by atoms with Gasteiger partial charge in [0.15, 0.2) is 0 Å². The second kappa shape index (κ2) is 4.03. The Bertz CT molecular complexity index is 318. The van der Waals surface area contributed by atoms with Crippen molar-refractivity contribution >= 4 is 0 Å². The van der Waals surface area contributed by atoms with E-state index in [9.17, 15) is 13.2 Å². The number of hydrogen-bond acceptors (Lipinski definition) is 0. The second-order valence-corrected chi connectivity index (χ2v) is 3.37. The molecule has 14 heavy (non-hydrogen) atoms. The first kappa shape index (κ1) is 11.1. The molecule has 1 aromatic rings. The van der Waals surface area contributed by atoms with Crippen LogP contribution in [0.1, 0.15) is 30.9 Å². The van der Waals surface area contributed by atoms with Gasteiger partial charge in [-0.2, -0.15) is 0 Å². The van der Waals surface area contributed by atoms with Gasteiger partial charge in [-0.25, -0.2) is 13.2 Å². The van der Waals surface area contributed by atoms with Gasteiger partial charge < -0.3 is 0 Å². The van der Waals surface area contributed by atoms with Crippen LogP contribution in [-0.4, -0.2) is 0 Å². The molecule has 0 radical (unpaired) electrons. The first-order valence-corrected chi connectivity index (χ1v) is 4.62. The van der Waals surface area contributed by atoms with Crippen molar-refractivity contribution < 1.29 is 13.2 Å². The largest absolute Gasteiger partial charge is 0.273 e. The number of benzene rings is 1. The molecule has 0 nitrogen and oxygen atoms in total. The van der Waals surface area contributed by atoms with Crippen molar-refractivity contribution in [1.82, 2.24) is 0 Å². The standard InChI is InChI=1S/C11H13F3/c1-3-7-11(13,14)9-5-4-6-10(12)8(9)2/h4-6H,3,7H2,1-2H3. The van der Waals surface area contributed by atoms with E-state index in [-0.39, 0.29) is 17.5 Å². The highest BCUT2D eigenvalue weighted by Gasteiger charge is 2.32. The van der Waals surface area contributed by atoms with E-state index in [1.165, 1.54) is 25.1 Å². The van der Waals surface area contributed by atoms with Gasteiger partial charge in [0.2, 0.25) is 0 Å². The van der Waals surface area contributed by atoms with Crippen LogP contribution in [0, 0.1) is 12.7 Å². The summed E-state index contributed by atoms with van der Waals surface area (Å²) in [5.74, 6) is -3.49. The Kier molecular flexibility index (Phi) is 3.19. The zero-order valence-electron chi connectivity index (χ0n) is 8.28. The van der Waals surface area contributed by atoms with Crippen molar-refractivity contribution in [2.24, 2.45) is 0 Å². The van der Waals surface area contributed by atoms with Gasteiger partial charge in [-0.05, 0) is 18.6 Å². The van der Waals surface area contributed by atoms with Gasteiger partial charge in [-0.1, -0.05) is 25.5 Å². The lowest BCUT2D eigenvalue weighted by Gasteiger charge is -2.18. The fourth-order valence-electron chi connectivity index (χ4n) is 1.45. The van der Waals surface area contributed by atoms with Gasteiger partial charge in [-0.15, -0.1) is 0 Å². The van der Waals surface area contributed by atoms with E-state index < -0.39 is 11.7 Å². The summed E-state index contributed by atoms with van der Waals surface area (Å²) in [7, 11) is 0. The molecule has 0 N–H and O–H groups in total. The molecular formula is C11H13F3. The van der Waals surface area contributed by atoms with Gasteiger partial charge in [0.1, 0.15) is 5.82 Å². The van der Waals surface area contributed by atoms with Gasteiger partial charge >= 0.3 is 0 Å². The molecule has 0 unspecified atom stereocenters. The van der Waals surface area contributed by atoms with Crippen LogP contribution in [0.15, 0.2) is 18.2 Å². The summed E-state index contributed by atoms with van der Waals surface area (Å²) >= 11 is 0. The van der Waals surface area contributed by atoms with Crippen LogP contribution in [0.5, 0.6) is 0 Å². The quantitative estimate of drug-likeness (QED) is 0.694. The summed E-state index contributed by atoms with van der Waals surface area (Å²) in [4.78, 5) is 0. The lowest BCUT2D eigenvalue weighted by molar-refractivity contribution is -0.0149. The maximum atomic E-state index is 13.4. The summed E-state index contributed by atoms with van der Waals surface area (Å²) in [5.41, 5.74) is -0.148. The highest BCUT2D eigenvalue weighted by molar-refractivity contribution is 5.30. The third-order valence-corrected chi connectivity index (χ3v) is 2.23. The summed E-state index contributed by atoms with van der Waals surface area (Å²) in [5, 5.41) is 0. The van der Waals surface area contributed by atoms with Gasteiger partial charge in [0, 0.05) is 12.0 Å². The molecule has 0 aliphatic heterocycles. The third kappa shape index (κ3) is 2.08. The molecule has 0 saturated carbocycles. The van der Waals surface area contributed by atoms with Crippen molar-refractivity contribution in [3.63, 3.8) is 0 Å². The Hall–Kier alpha value is -0.990. The van der Waals surface area contributed by atoms with E-state index in [4.69, 9.17) is 0 Å². The minimum atomic E-state index is -2.92. The lowest BCUT2D eigenvalue weighted by atomic mass is 9.99. The lowest BCUT2D eigenvalue weighted by Crippen LogP contribution is -2.15. The molecule has 0 heterocycles. The fourth-order valence-corrected chi connectivity index (χ4v) is 1.45. The normalized spacial score (nSPS) is 11.8. The molecule has 1 aromatic carbocycles. The van der Waals surface area contributed by atoms with Gasteiger partial charge in [0.05, 0.1) is 0 Å². The minimum Gasteiger partial charge on any atom is -0.207 e. The second-order valence-electron chi connectivity index (χ2n) is 3.37. The van der Waals surface area contributed by atoms with Crippen LogP contribution in [0.3, 0.4) is 0 Å². The highest BCUT2D eigenvalue weighted by Crippen LogP contribution is 2.35. The Morgan fingerprint density at radius 1 is 1.29 bits per heavy atom. The van der Waals surface area contributed by atoms with E-state index in [1.807, 2.05) is 0 Å². The molecule has 0 aliphatic carbocycles. The maximum Gasteiger partial charge on any atom is 0.273 e. The average molecular weight is 202 g/mol. The Labute approximate surface area is 81.8 Å². The van der Waals surface area contributed by atoms with Crippen LogP contribution in [0.2, 0.25) is 0 Å². The zero-order chi connectivity index (χ0) is 10.8. The average Bonchev–Trinajstić information content (AvgIpc) is 2.09. The highest BCUT2D eigenvalue weighted by atomic mass is 19.3. The first-order valence-electron chi connectivity index (χ1n) is 4.62. The van der Waals surface area contributed by atoms with Crippen LogP contribution in [0.25, 0.3) is 0 Å². The van der Waals surface area contributed by atoms with Crippen molar-refractivity contribution in [3.8, 4) is 0 Å². The number of rotatable bonds is 3. The predicted octanol–water partition coefficient (Wildman–Crippen LogP) is 4.03. The fraction of sp³-hybridized carbons (Fsp3) is 0.455. The van der Waals surface area contributed by atoms with Crippen molar-refractivity contribution in [2.45, 2.75) is 32.6 Å². The molecule has 0 atom stereocenters. The van der Waals surface area contributed by atoms with E-state index >= 15 is 0 Å². The topological polar surface area (TPSA) is 0 Å². The Morgan fingerprint density at radius 2 is 1.93 bits per heavy atom. The molecule has 1 rings (SSSR count). The van der Waals surface area contributed by atoms with E-state index in [0.29, 0.717) is 6.42 Å². The molecular weight excluding hydrogens is 189 g/mol. The van der Waals surface area contributed by atoms with Gasteiger partial charge in [0.25, 0.3) is 5.92 Å². The molecule has 0 bridgehead atoms. The molecule has 0 amide bonds. The minimum absolute atomic E-state index is 0.0472.